The van der Waals surface area contributed by atoms with E-state index in [1.807, 2.05) is 63.2 Å². The van der Waals surface area contributed by atoms with Crippen LogP contribution < -0.4 is 5.32 Å². The van der Waals surface area contributed by atoms with Gasteiger partial charge in [-0.3, -0.25) is 9.59 Å². The van der Waals surface area contributed by atoms with E-state index < -0.39 is 6.04 Å². The summed E-state index contributed by atoms with van der Waals surface area (Å²) in [5.74, 6) is -0.149. The molecule has 0 unspecified atom stereocenters. The van der Waals surface area contributed by atoms with Crippen molar-refractivity contribution in [1.29, 1.82) is 0 Å². The standard InChI is InChI=1S/C23H30N2O2/c1-5-11-24-23(27)19(4)25(16-20-9-7-6-8-10-20)22(26)15-21-13-17(2)12-18(3)14-21/h6-10,12-14,19H,5,11,15-16H2,1-4H3,(H,24,27)/t19-/m0/s1. The molecule has 0 aliphatic heterocycles. The van der Waals surface area contributed by atoms with E-state index in [9.17, 15) is 9.59 Å². The van der Waals surface area contributed by atoms with Gasteiger partial charge in [0.25, 0.3) is 0 Å². The highest BCUT2D eigenvalue weighted by molar-refractivity contribution is 5.88. The third-order valence-electron chi connectivity index (χ3n) is 4.55. The van der Waals surface area contributed by atoms with Crippen LogP contribution in [0, 0.1) is 13.8 Å². The Hall–Kier alpha value is -2.62. The Morgan fingerprint density at radius 3 is 2.22 bits per heavy atom. The van der Waals surface area contributed by atoms with Crippen LogP contribution >= 0.6 is 0 Å². The smallest absolute Gasteiger partial charge is 0.242 e. The number of amides is 2. The van der Waals surface area contributed by atoms with Crippen LogP contribution in [0.5, 0.6) is 0 Å². The van der Waals surface area contributed by atoms with E-state index in [-0.39, 0.29) is 11.8 Å². The van der Waals surface area contributed by atoms with Crippen molar-refractivity contribution in [2.45, 2.75) is 53.1 Å². The first-order valence-corrected chi connectivity index (χ1v) is 9.59. The summed E-state index contributed by atoms with van der Waals surface area (Å²) >= 11 is 0. The molecule has 0 radical (unpaired) electrons. The van der Waals surface area contributed by atoms with Gasteiger partial charge in [0.15, 0.2) is 0 Å². The van der Waals surface area contributed by atoms with Crippen LogP contribution in [0.3, 0.4) is 0 Å². The fourth-order valence-corrected chi connectivity index (χ4v) is 3.21. The number of carbonyl (C=O) groups is 2. The van der Waals surface area contributed by atoms with Crippen LogP contribution in [0.25, 0.3) is 0 Å². The predicted molar refractivity (Wildman–Crippen MR) is 109 cm³/mol. The molecular formula is C23H30N2O2. The van der Waals surface area contributed by atoms with Crippen LogP contribution in [-0.2, 0) is 22.6 Å². The number of hydrogen-bond donors (Lipinski definition) is 1. The number of benzene rings is 2. The largest absolute Gasteiger partial charge is 0.354 e. The summed E-state index contributed by atoms with van der Waals surface area (Å²) < 4.78 is 0. The molecule has 2 aromatic carbocycles. The summed E-state index contributed by atoms with van der Waals surface area (Å²) in [4.78, 5) is 27.3. The molecule has 2 aromatic rings. The molecule has 1 N–H and O–H groups in total. The summed E-state index contributed by atoms with van der Waals surface area (Å²) in [5, 5.41) is 2.90. The average Bonchev–Trinajstić information content (AvgIpc) is 2.63. The van der Waals surface area contributed by atoms with Crippen LogP contribution in [0.1, 0.15) is 42.5 Å². The Balaban J connectivity index is 2.21. The summed E-state index contributed by atoms with van der Waals surface area (Å²) in [6.45, 7) is 8.91. The van der Waals surface area contributed by atoms with Gasteiger partial charge in [-0.2, -0.15) is 0 Å². The molecule has 0 saturated carbocycles. The Morgan fingerprint density at radius 1 is 1.00 bits per heavy atom. The summed E-state index contributed by atoms with van der Waals surface area (Å²) in [6.07, 6.45) is 1.16. The minimum atomic E-state index is -0.518. The first-order valence-electron chi connectivity index (χ1n) is 9.59. The molecule has 4 heteroatoms. The lowest BCUT2D eigenvalue weighted by Crippen LogP contribution is -2.48. The van der Waals surface area contributed by atoms with Gasteiger partial charge in [0.1, 0.15) is 6.04 Å². The number of hydrogen-bond acceptors (Lipinski definition) is 2. The van der Waals surface area contributed by atoms with Crippen molar-refractivity contribution in [3.05, 3.63) is 70.8 Å². The second-order valence-electron chi connectivity index (χ2n) is 7.15. The molecule has 0 bridgehead atoms. The molecule has 0 aromatic heterocycles. The van der Waals surface area contributed by atoms with Gasteiger partial charge in [0, 0.05) is 13.1 Å². The highest BCUT2D eigenvalue weighted by Gasteiger charge is 2.26. The van der Waals surface area contributed by atoms with Crippen molar-refractivity contribution in [2.24, 2.45) is 0 Å². The second kappa shape index (κ2) is 9.91. The number of carbonyl (C=O) groups excluding carboxylic acids is 2. The van der Waals surface area contributed by atoms with Crippen molar-refractivity contribution in [3.63, 3.8) is 0 Å². The fraction of sp³-hybridized carbons (Fsp3) is 0.391. The van der Waals surface area contributed by atoms with Gasteiger partial charge >= 0.3 is 0 Å². The van der Waals surface area contributed by atoms with E-state index in [1.54, 1.807) is 11.8 Å². The SMILES string of the molecule is CCCNC(=O)[C@H](C)N(Cc1ccccc1)C(=O)Cc1cc(C)cc(C)c1. The van der Waals surface area contributed by atoms with E-state index in [1.165, 1.54) is 0 Å². The molecular weight excluding hydrogens is 336 g/mol. The van der Waals surface area contributed by atoms with Crippen molar-refractivity contribution in [1.82, 2.24) is 10.2 Å². The maximum atomic E-state index is 13.1. The van der Waals surface area contributed by atoms with Crippen LogP contribution in [0.2, 0.25) is 0 Å². The van der Waals surface area contributed by atoms with E-state index >= 15 is 0 Å². The van der Waals surface area contributed by atoms with Gasteiger partial charge in [-0.25, -0.2) is 0 Å². The zero-order valence-electron chi connectivity index (χ0n) is 16.8. The summed E-state index contributed by atoms with van der Waals surface area (Å²) in [5.41, 5.74) is 4.28. The Bertz CT molecular complexity index is 751. The molecule has 0 aliphatic carbocycles. The molecule has 4 nitrogen and oxygen atoms in total. The molecule has 2 amide bonds. The minimum absolute atomic E-state index is 0.0389. The van der Waals surface area contributed by atoms with Crippen molar-refractivity contribution < 1.29 is 9.59 Å². The normalized spacial score (nSPS) is 11.7. The van der Waals surface area contributed by atoms with E-state index in [0.717, 1.165) is 28.7 Å². The molecule has 2 rings (SSSR count). The van der Waals surface area contributed by atoms with Gasteiger partial charge in [-0.05, 0) is 38.3 Å². The molecule has 27 heavy (non-hydrogen) atoms. The second-order valence-corrected chi connectivity index (χ2v) is 7.15. The quantitative estimate of drug-likeness (QED) is 0.773. The Kier molecular flexibility index (Phi) is 7.59. The maximum absolute atomic E-state index is 13.1. The van der Waals surface area contributed by atoms with E-state index in [2.05, 4.69) is 11.4 Å². The lowest BCUT2D eigenvalue weighted by atomic mass is 10.0. The molecule has 0 spiro atoms. The Morgan fingerprint density at radius 2 is 1.63 bits per heavy atom. The van der Waals surface area contributed by atoms with Gasteiger partial charge in [0.05, 0.1) is 6.42 Å². The van der Waals surface area contributed by atoms with Crippen molar-refractivity contribution in [2.75, 3.05) is 6.54 Å². The van der Waals surface area contributed by atoms with Crippen LogP contribution in [-0.4, -0.2) is 29.3 Å². The van der Waals surface area contributed by atoms with Gasteiger partial charge in [0.2, 0.25) is 11.8 Å². The maximum Gasteiger partial charge on any atom is 0.242 e. The molecule has 0 heterocycles. The Labute approximate surface area is 162 Å². The van der Waals surface area contributed by atoms with Crippen LogP contribution in [0.4, 0.5) is 0 Å². The molecule has 0 aliphatic rings. The number of aryl methyl sites for hydroxylation is 2. The lowest BCUT2D eigenvalue weighted by molar-refractivity contribution is -0.140. The molecule has 1 atom stereocenters. The third-order valence-corrected chi connectivity index (χ3v) is 4.55. The first-order chi connectivity index (χ1) is 12.9. The van der Waals surface area contributed by atoms with Gasteiger partial charge in [-0.15, -0.1) is 0 Å². The van der Waals surface area contributed by atoms with Gasteiger partial charge in [-0.1, -0.05) is 66.6 Å². The summed E-state index contributed by atoms with van der Waals surface area (Å²) in [6, 6.07) is 15.4. The average molecular weight is 367 g/mol. The number of rotatable bonds is 8. The van der Waals surface area contributed by atoms with E-state index in [4.69, 9.17) is 0 Å². The third kappa shape index (κ3) is 6.24. The molecule has 0 saturated heterocycles. The zero-order valence-corrected chi connectivity index (χ0v) is 16.8. The topological polar surface area (TPSA) is 49.4 Å². The number of nitrogens with one attached hydrogen (secondary N) is 1. The monoisotopic (exact) mass is 366 g/mol. The highest BCUT2D eigenvalue weighted by Crippen LogP contribution is 2.14. The van der Waals surface area contributed by atoms with Gasteiger partial charge < -0.3 is 10.2 Å². The predicted octanol–water partition coefficient (Wildman–Crippen LogP) is 3.79. The zero-order chi connectivity index (χ0) is 19.8. The molecule has 0 fully saturated rings. The van der Waals surface area contributed by atoms with E-state index in [0.29, 0.717) is 19.5 Å². The number of nitrogens with zero attached hydrogens (tertiary/aromatic N) is 1. The molecule has 144 valence electrons. The minimum Gasteiger partial charge on any atom is -0.354 e. The van der Waals surface area contributed by atoms with Crippen molar-refractivity contribution in [3.8, 4) is 0 Å². The van der Waals surface area contributed by atoms with Crippen LogP contribution in [0.15, 0.2) is 48.5 Å². The lowest BCUT2D eigenvalue weighted by Gasteiger charge is -2.29. The van der Waals surface area contributed by atoms with Crippen molar-refractivity contribution >= 4 is 11.8 Å². The highest BCUT2D eigenvalue weighted by atomic mass is 16.2. The fourth-order valence-electron chi connectivity index (χ4n) is 3.21. The first kappa shape index (κ1) is 20.7. The summed E-state index contributed by atoms with van der Waals surface area (Å²) in [7, 11) is 0.